The van der Waals surface area contributed by atoms with Gasteiger partial charge in [0.25, 0.3) is 10.0 Å². The van der Waals surface area contributed by atoms with Crippen LogP contribution in [0.25, 0.3) is 10.9 Å². The Morgan fingerprint density at radius 2 is 2.17 bits per heavy atom. The van der Waals surface area contributed by atoms with Crippen molar-refractivity contribution in [1.29, 1.82) is 0 Å². The lowest BCUT2D eigenvalue weighted by Crippen LogP contribution is -2.12. The topological polar surface area (TPSA) is 86.1 Å². The van der Waals surface area contributed by atoms with Crippen molar-refractivity contribution in [1.82, 2.24) is 14.8 Å². The van der Waals surface area contributed by atoms with Gasteiger partial charge in [-0.1, -0.05) is 6.07 Å². The highest BCUT2D eigenvalue weighted by molar-refractivity contribution is 7.92. The molecule has 120 valence electrons. The Bertz CT molecular complexity index is 921. The Hall–Kier alpha value is -2.45. The fourth-order valence-electron chi connectivity index (χ4n) is 2.16. The number of hydrogen-bond donors (Lipinski definition) is 1. The minimum Gasteiger partial charge on any atom is -0.383 e. The van der Waals surface area contributed by atoms with Crippen LogP contribution < -0.4 is 4.72 Å². The third-order valence-corrected chi connectivity index (χ3v) is 4.67. The summed E-state index contributed by atoms with van der Waals surface area (Å²) in [6.07, 6.45) is 4.76. The van der Waals surface area contributed by atoms with Crippen molar-refractivity contribution in [3.8, 4) is 0 Å². The Morgan fingerprint density at radius 3 is 3.00 bits per heavy atom. The summed E-state index contributed by atoms with van der Waals surface area (Å²) in [5.41, 5.74) is 1.16. The molecule has 0 saturated heterocycles. The molecule has 0 saturated carbocycles. The molecule has 0 atom stereocenters. The number of ether oxygens (including phenoxy) is 1. The van der Waals surface area contributed by atoms with E-state index in [2.05, 4.69) is 14.8 Å². The summed E-state index contributed by atoms with van der Waals surface area (Å²) in [6, 6.07) is 8.41. The van der Waals surface area contributed by atoms with E-state index in [1.54, 1.807) is 42.4 Å². The number of anilines is 1. The van der Waals surface area contributed by atoms with Crippen LogP contribution in [0.3, 0.4) is 0 Å². The lowest BCUT2D eigenvalue weighted by molar-refractivity contribution is 0.183. The molecule has 7 nitrogen and oxygen atoms in total. The van der Waals surface area contributed by atoms with Gasteiger partial charge in [0.2, 0.25) is 0 Å². The molecule has 0 radical (unpaired) electrons. The van der Waals surface area contributed by atoms with E-state index in [1.807, 2.05) is 6.07 Å². The first-order valence-electron chi connectivity index (χ1n) is 6.97. The van der Waals surface area contributed by atoms with Gasteiger partial charge in [0.15, 0.2) is 0 Å². The van der Waals surface area contributed by atoms with Gasteiger partial charge in [-0.3, -0.25) is 14.4 Å². The molecule has 0 aliphatic heterocycles. The van der Waals surface area contributed by atoms with Gasteiger partial charge in [0.05, 0.1) is 35.4 Å². The Labute approximate surface area is 134 Å². The van der Waals surface area contributed by atoms with E-state index in [-0.39, 0.29) is 4.90 Å². The van der Waals surface area contributed by atoms with E-state index in [0.29, 0.717) is 18.8 Å². The van der Waals surface area contributed by atoms with Gasteiger partial charge in [-0.05, 0) is 24.3 Å². The Kier molecular flexibility index (Phi) is 4.26. The maximum atomic E-state index is 12.5. The van der Waals surface area contributed by atoms with Crippen molar-refractivity contribution >= 4 is 26.6 Å². The monoisotopic (exact) mass is 332 g/mol. The minimum absolute atomic E-state index is 0.183. The molecule has 0 bridgehead atoms. The second-order valence-corrected chi connectivity index (χ2v) is 6.63. The minimum atomic E-state index is -3.67. The number of benzene rings is 1. The van der Waals surface area contributed by atoms with E-state index in [4.69, 9.17) is 4.74 Å². The van der Waals surface area contributed by atoms with Crippen LogP contribution in [0.4, 0.5) is 5.69 Å². The largest absolute Gasteiger partial charge is 0.383 e. The van der Waals surface area contributed by atoms with Gasteiger partial charge < -0.3 is 4.74 Å². The first-order chi connectivity index (χ1) is 11.1. The number of rotatable bonds is 6. The first kappa shape index (κ1) is 15.4. The van der Waals surface area contributed by atoms with Crippen molar-refractivity contribution in [2.75, 3.05) is 18.4 Å². The standard InChI is InChI=1S/C15H16N4O3S/c1-22-8-7-19-11-13(10-17-19)18-23(20,21)14-4-5-15-12(9-14)3-2-6-16-15/h2-6,9-11,18H,7-8H2,1H3. The predicted molar refractivity (Wildman–Crippen MR) is 86.7 cm³/mol. The van der Waals surface area contributed by atoms with Crippen molar-refractivity contribution in [3.63, 3.8) is 0 Å². The molecule has 1 N–H and O–H groups in total. The van der Waals surface area contributed by atoms with Crippen LogP contribution in [-0.4, -0.2) is 36.9 Å². The summed E-state index contributed by atoms with van der Waals surface area (Å²) in [5, 5.41) is 4.85. The number of fused-ring (bicyclic) bond motifs is 1. The number of sulfonamides is 1. The molecule has 0 fully saturated rings. The number of pyridine rings is 1. The maximum Gasteiger partial charge on any atom is 0.262 e. The van der Waals surface area contributed by atoms with Crippen LogP contribution in [0.15, 0.2) is 53.8 Å². The van der Waals surface area contributed by atoms with Gasteiger partial charge in [-0.25, -0.2) is 8.42 Å². The fourth-order valence-corrected chi connectivity index (χ4v) is 3.22. The number of hydrogen-bond acceptors (Lipinski definition) is 5. The van der Waals surface area contributed by atoms with E-state index in [0.717, 1.165) is 10.9 Å². The van der Waals surface area contributed by atoms with E-state index >= 15 is 0 Å². The molecule has 3 rings (SSSR count). The van der Waals surface area contributed by atoms with E-state index in [1.165, 1.54) is 12.3 Å². The van der Waals surface area contributed by atoms with E-state index in [9.17, 15) is 8.42 Å². The van der Waals surface area contributed by atoms with Gasteiger partial charge in [0, 0.05) is 24.9 Å². The number of methoxy groups -OCH3 is 1. The molecule has 0 amide bonds. The zero-order valence-corrected chi connectivity index (χ0v) is 13.3. The zero-order valence-electron chi connectivity index (χ0n) is 12.5. The van der Waals surface area contributed by atoms with Crippen molar-refractivity contribution < 1.29 is 13.2 Å². The van der Waals surface area contributed by atoms with Gasteiger partial charge in [0.1, 0.15) is 0 Å². The second kappa shape index (κ2) is 6.35. The lowest BCUT2D eigenvalue weighted by Gasteiger charge is -2.07. The summed E-state index contributed by atoms with van der Waals surface area (Å²) in [5.74, 6) is 0. The van der Waals surface area contributed by atoms with Gasteiger partial charge in [-0.15, -0.1) is 0 Å². The molecule has 0 unspecified atom stereocenters. The molecule has 0 spiro atoms. The van der Waals surface area contributed by atoms with Crippen LogP contribution in [0, 0.1) is 0 Å². The van der Waals surface area contributed by atoms with Gasteiger partial charge in [-0.2, -0.15) is 5.10 Å². The zero-order chi connectivity index (χ0) is 16.3. The highest BCUT2D eigenvalue weighted by Gasteiger charge is 2.15. The van der Waals surface area contributed by atoms with E-state index < -0.39 is 10.0 Å². The summed E-state index contributed by atoms with van der Waals surface area (Å²) >= 11 is 0. The first-order valence-corrected chi connectivity index (χ1v) is 8.46. The van der Waals surface area contributed by atoms with Crippen LogP contribution in [0.5, 0.6) is 0 Å². The van der Waals surface area contributed by atoms with Crippen LogP contribution in [0.1, 0.15) is 0 Å². The summed E-state index contributed by atoms with van der Waals surface area (Å²) in [7, 11) is -2.08. The average molecular weight is 332 g/mol. The molecule has 23 heavy (non-hydrogen) atoms. The fraction of sp³-hybridized carbons (Fsp3) is 0.200. The number of aromatic nitrogens is 3. The summed E-state index contributed by atoms with van der Waals surface area (Å²) < 4.78 is 34.1. The highest BCUT2D eigenvalue weighted by Crippen LogP contribution is 2.20. The summed E-state index contributed by atoms with van der Waals surface area (Å²) in [6.45, 7) is 1.06. The predicted octanol–water partition coefficient (Wildman–Crippen LogP) is 1.88. The molecule has 0 aliphatic carbocycles. The Morgan fingerprint density at radius 1 is 1.30 bits per heavy atom. The third-order valence-electron chi connectivity index (χ3n) is 3.29. The van der Waals surface area contributed by atoms with Crippen molar-refractivity contribution in [2.45, 2.75) is 11.4 Å². The molecule has 8 heteroatoms. The number of nitrogens with zero attached hydrogens (tertiary/aromatic N) is 3. The number of nitrogens with one attached hydrogen (secondary N) is 1. The van der Waals surface area contributed by atoms with Gasteiger partial charge >= 0.3 is 0 Å². The lowest BCUT2D eigenvalue weighted by atomic mass is 10.2. The third kappa shape index (κ3) is 3.49. The second-order valence-electron chi connectivity index (χ2n) is 4.95. The van der Waals surface area contributed by atoms with Crippen LogP contribution in [-0.2, 0) is 21.3 Å². The van der Waals surface area contributed by atoms with Crippen molar-refractivity contribution in [3.05, 3.63) is 48.9 Å². The molecule has 2 heterocycles. The van der Waals surface area contributed by atoms with Crippen LogP contribution in [0.2, 0.25) is 0 Å². The average Bonchev–Trinajstić information content (AvgIpc) is 2.99. The molecule has 3 aromatic rings. The molecular weight excluding hydrogens is 316 g/mol. The highest BCUT2D eigenvalue weighted by atomic mass is 32.2. The SMILES string of the molecule is COCCn1cc(NS(=O)(=O)c2ccc3ncccc3c2)cn1. The molecule has 2 aromatic heterocycles. The van der Waals surface area contributed by atoms with Crippen LogP contribution >= 0.6 is 0 Å². The molecular formula is C15H16N4O3S. The van der Waals surface area contributed by atoms with Crippen molar-refractivity contribution in [2.24, 2.45) is 0 Å². The smallest absolute Gasteiger partial charge is 0.262 e. The molecule has 1 aromatic carbocycles. The maximum absolute atomic E-state index is 12.5. The quantitative estimate of drug-likeness (QED) is 0.745. The Balaban J connectivity index is 1.83. The summed E-state index contributed by atoms with van der Waals surface area (Å²) in [4.78, 5) is 4.36. The normalized spacial score (nSPS) is 11.7. The molecule has 0 aliphatic rings.